The molecule has 0 bridgehead atoms. The molecule has 0 spiro atoms. The second-order valence-corrected chi connectivity index (χ2v) is 3.47. The molecule has 0 saturated heterocycles. The number of carbonyl (C=O) groups is 1. The number of nitrogens with one attached hydrogen (secondary N) is 2. The number of carbonyl (C=O) groups excluding carboxylic acids is 1. The summed E-state index contributed by atoms with van der Waals surface area (Å²) in [6, 6.07) is 0. The summed E-state index contributed by atoms with van der Waals surface area (Å²) in [4.78, 5) is 11.3. The molecule has 72 valence electrons. The fraction of sp³-hybridized carbons (Fsp3) is 0.556. The number of rotatable bonds is 4. The van der Waals surface area contributed by atoms with Crippen LogP contribution in [0.25, 0.3) is 0 Å². The average Bonchev–Trinajstić information content (AvgIpc) is 2.53. The maximum absolute atomic E-state index is 11.3. The molecule has 0 aliphatic carbocycles. The van der Waals surface area contributed by atoms with Crippen LogP contribution in [0, 0.1) is 5.92 Å². The highest BCUT2D eigenvalue weighted by Crippen LogP contribution is 2.06. The minimum absolute atomic E-state index is 0.0510. The van der Waals surface area contributed by atoms with Gasteiger partial charge in [-0.05, 0) is 12.3 Å². The molecular formula is C9H15N3O. The van der Waals surface area contributed by atoms with E-state index in [4.69, 9.17) is 0 Å². The third-order valence-electron chi connectivity index (χ3n) is 1.73. The molecule has 0 saturated carbocycles. The number of aromatic amines is 1. The highest BCUT2D eigenvalue weighted by atomic mass is 16.1. The van der Waals surface area contributed by atoms with Gasteiger partial charge < -0.3 is 5.32 Å². The predicted molar refractivity (Wildman–Crippen MR) is 51.3 cm³/mol. The number of nitrogens with zero attached hydrogens (tertiary/aromatic N) is 1. The van der Waals surface area contributed by atoms with Gasteiger partial charge in [0.2, 0.25) is 5.91 Å². The molecule has 0 atom stereocenters. The predicted octanol–water partition coefficient (Wildman–Crippen LogP) is 1.78. The summed E-state index contributed by atoms with van der Waals surface area (Å²) in [5.41, 5.74) is 0.730. The highest BCUT2D eigenvalue weighted by molar-refractivity contribution is 5.90. The highest BCUT2D eigenvalue weighted by Gasteiger charge is 2.03. The van der Waals surface area contributed by atoms with Crippen molar-refractivity contribution in [3.8, 4) is 0 Å². The smallest absolute Gasteiger partial charge is 0.224 e. The summed E-state index contributed by atoms with van der Waals surface area (Å²) in [5, 5.41) is 9.11. The van der Waals surface area contributed by atoms with Crippen molar-refractivity contribution in [2.75, 3.05) is 5.32 Å². The monoisotopic (exact) mass is 181 g/mol. The molecule has 0 radical (unpaired) electrons. The Bertz CT molecular complexity index is 254. The van der Waals surface area contributed by atoms with E-state index >= 15 is 0 Å². The Balaban J connectivity index is 2.26. The van der Waals surface area contributed by atoms with Crippen LogP contribution in [0.2, 0.25) is 0 Å². The number of hydrogen-bond donors (Lipinski definition) is 2. The quantitative estimate of drug-likeness (QED) is 0.743. The van der Waals surface area contributed by atoms with Crippen molar-refractivity contribution < 1.29 is 4.79 Å². The summed E-state index contributed by atoms with van der Waals surface area (Å²) in [5.74, 6) is 0.616. The second kappa shape index (κ2) is 4.64. The lowest BCUT2D eigenvalue weighted by molar-refractivity contribution is -0.116. The van der Waals surface area contributed by atoms with E-state index in [0.717, 1.165) is 12.1 Å². The van der Waals surface area contributed by atoms with Gasteiger partial charge >= 0.3 is 0 Å². The first-order chi connectivity index (χ1) is 6.18. The van der Waals surface area contributed by atoms with Crippen molar-refractivity contribution in [3.63, 3.8) is 0 Å². The van der Waals surface area contributed by atoms with Crippen molar-refractivity contribution in [2.45, 2.75) is 26.7 Å². The van der Waals surface area contributed by atoms with Crippen LogP contribution in [0.3, 0.4) is 0 Å². The zero-order valence-electron chi connectivity index (χ0n) is 8.00. The minimum Gasteiger partial charge on any atom is -0.323 e. The van der Waals surface area contributed by atoms with Crippen molar-refractivity contribution >= 4 is 11.6 Å². The Morgan fingerprint density at radius 1 is 1.69 bits per heavy atom. The average molecular weight is 181 g/mol. The molecule has 0 fully saturated rings. The van der Waals surface area contributed by atoms with Gasteiger partial charge in [-0.3, -0.25) is 9.89 Å². The maximum Gasteiger partial charge on any atom is 0.224 e. The minimum atomic E-state index is 0.0510. The Labute approximate surface area is 77.7 Å². The summed E-state index contributed by atoms with van der Waals surface area (Å²) in [7, 11) is 0. The number of aromatic nitrogens is 2. The normalized spacial score (nSPS) is 10.4. The summed E-state index contributed by atoms with van der Waals surface area (Å²) in [6.45, 7) is 4.20. The van der Waals surface area contributed by atoms with E-state index in [2.05, 4.69) is 29.4 Å². The second-order valence-electron chi connectivity index (χ2n) is 3.47. The molecule has 0 aliphatic heterocycles. The molecule has 0 unspecified atom stereocenters. The fourth-order valence-corrected chi connectivity index (χ4v) is 0.963. The van der Waals surface area contributed by atoms with Crippen LogP contribution in [-0.2, 0) is 4.79 Å². The molecule has 0 aliphatic rings. The van der Waals surface area contributed by atoms with E-state index in [1.54, 1.807) is 12.4 Å². The fourth-order valence-electron chi connectivity index (χ4n) is 0.963. The van der Waals surface area contributed by atoms with E-state index in [0.29, 0.717) is 12.3 Å². The Hall–Kier alpha value is -1.32. The molecule has 1 rings (SSSR count). The lowest BCUT2D eigenvalue weighted by Gasteiger charge is -2.04. The SMILES string of the molecule is CC(C)CCC(=O)Nc1cn[nH]c1. The van der Waals surface area contributed by atoms with Crippen molar-refractivity contribution in [1.29, 1.82) is 0 Å². The molecule has 1 heterocycles. The van der Waals surface area contributed by atoms with Crippen LogP contribution >= 0.6 is 0 Å². The van der Waals surface area contributed by atoms with Crippen molar-refractivity contribution in [1.82, 2.24) is 10.2 Å². The standard InChI is InChI=1S/C9H15N3O/c1-7(2)3-4-9(13)12-8-5-10-11-6-8/h5-7H,3-4H2,1-2H3,(H,10,11)(H,12,13). The lowest BCUT2D eigenvalue weighted by Crippen LogP contribution is -2.11. The molecule has 1 aromatic rings. The van der Waals surface area contributed by atoms with Gasteiger partial charge in [0.05, 0.1) is 11.9 Å². The van der Waals surface area contributed by atoms with Gasteiger partial charge in [-0.2, -0.15) is 5.10 Å². The summed E-state index contributed by atoms with van der Waals surface area (Å²) >= 11 is 0. The first kappa shape index (κ1) is 9.77. The van der Waals surface area contributed by atoms with Gasteiger partial charge in [-0.15, -0.1) is 0 Å². The Morgan fingerprint density at radius 3 is 3.00 bits per heavy atom. The van der Waals surface area contributed by atoms with Crippen LogP contribution in [-0.4, -0.2) is 16.1 Å². The van der Waals surface area contributed by atoms with E-state index in [1.165, 1.54) is 0 Å². The maximum atomic E-state index is 11.3. The largest absolute Gasteiger partial charge is 0.323 e. The zero-order chi connectivity index (χ0) is 9.68. The van der Waals surface area contributed by atoms with Crippen molar-refractivity contribution in [2.24, 2.45) is 5.92 Å². The molecule has 1 amide bonds. The Kier molecular flexibility index (Phi) is 3.49. The summed E-state index contributed by atoms with van der Waals surface area (Å²) in [6.07, 6.45) is 4.74. The van der Waals surface area contributed by atoms with Crippen LogP contribution in [0.4, 0.5) is 5.69 Å². The molecule has 4 nitrogen and oxygen atoms in total. The first-order valence-corrected chi connectivity index (χ1v) is 4.47. The van der Waals surface area contributed by atoms with Crippen molar-refractivity contribution in [3.05, 3.63) is 12.4 Å². The van der Waals surface area contributed by atoms with Gasteiger partial charge in [0.15, 0.2) is 0 Å². The van der Waals surface area contributed by atoms with Gasteiger partial charge in [-0.1, -0.05) is 13.8 Å². The van der Waals surface area contributed by atoms with Gasteiger partial charge in [0, 0.05) is 12.6 Å². The molecule has 2 N–H and O–H groups in total. The van der Waals surface area contributed by atoms with Crippen LogP contribution in [0.15, 0.2) is 12.4 Å². The number of hydrogen-bond acceptors (Lipinski definition) is 2. The molecule has 13 heavy (non-hydrogen) atoms. The first-order valence-electron chi connectivity index (χ1n) is 4.47. The van der Waals surface area contributed by atoms with Gasteiger partial charge in [0.25, 0.3) is 0 Å². The third kappa shape index (κ3) is 3.73. The molecule has 4 heteroatoms. The molecular weight excluding hydrogens is 166 g/mol. The van der Waals surface area contributed by atoms with Gasteiger partial charge in [0.1, 0.15) is 0 Å². The number of amides is 1. The number of anilines is 1. The van der Waals surface area contributed by atoms with E-state index in [-0.39, 0.29) is 5.91 Å². The van der Waals surface area contributed by atoms with Gasteiger partial charge in [-0.25, -0.2) is 0 Å². The molecule has 0 aromatic carbocycles. The van der Waals surface area contributed by atoms with Crippen LogP contribution in [0.5, 0.6) is 0 Å². The number of H-pyrrole nitrogens is 1. The summed E-state index contributed by atoms with van der Waals surface area (Å²) < 4.78 is 0. The van der Waals surface area contributed by atoms with E-state index < -0.39 is 0 Å². The van der Waals surface area contributed by atoms with Crippen LogP contribution < -0.4 is 5.32 Å². The Morgan fingerprint density at radius 2 is 2.46 bits per heavy atom. The van der Waals surface area contributed by atoms with Crippen LogP contribution in [0.1, 0.15) is 26.7 Å². The van der Waals surface area contributed by atoms with E-state index in [9.17, 15) is 4.79 Å². The third-order valence-corrected chi connectivity index (χ3v) is 1.73. The topological polar surface area (TPSA) is 57.8 Å². The zero-order valence-corrected chi connectivity index (χ0v) is 8.00. The molecule has 1 aromatic heterocycles. The van der Waals surface area contributed by atoms with E-state index in [1.807, 2.05) is 0 Å². The lowest BCUT2D eigenvalue weighted by atomic mass is 10.1.